The quantitative estimate of drug-likeness (QED) is 0.867. The molecule has 1 heterocycles. The van der Waals surface area contributed by atoms with E-state index in [9.17, 15) is 0 Å². The van der Waals surface area contributed by atoms with Crippen LogP contribution in [0.15, 0.2) is 36.5 Å². The maximum Gasteiger partial charge on any atom is 0.0870 e. The molecule has 3 heteroatoms. The van der Waals surface area contributed by atoms with E-state index in [0.717, 1.165) is 29.3 Å². The van der Waals surface area contributed by atoms with Gasteiger partial charge in [-0.1, -0.05) is 37.8 Å². The Labute approximate surface area is 126 Å². The average Bonchev–Trinajstić information content (AvgIpc) is 2.80. The van der Waals surface area contributed by atoms with E-state index in [0.29, 0.717) is 0 Å². The zero-order valence-electron chi connectivity index (χ0n) is 12.7. The first-order valence-corrected chi connectivity index (χ1v) is 7.91. The molecule has 0 amide bonds. The second-order valence-electron chi connectivity index (χ2n) is 6.12. The third kappa shape index (κ3) is 2.81. The number of methoxy groups -OCH3 is 1. The molecule has 1 atom stereocenters. The van der Waals surface area contributed by atoms with Gasteiger partial charge >= 0.3 is 0 Å². The van der Waals surface area contributed by atoms with Crippen LogP contribution in [0, 0.1) is 0 Å². The monoisotopic (exact) mass is 284 g/mol. The van der Waals surface area contributed by atoms with E-state index in [4.69, 9.17) is 10.5 Å². The molecule has 2 aromatic rings. The lowest BCUT2D eigenvalue weighted by molar-refractivity contribution is -0.0441. The fourth-order valence-electron chi connectivity index (χ4n) is 3.56. The number of hydrogen-bond donors (Lipinski definition) is 1. The summed E-state index contributed by atoms with van der Waals surface area (Å²) in [6.45, 7) is 0. The van der Waals surface area contributed by atoms with Crippen molar-refractivity contribution in [2.75, 3.05) is 7.11 Å². The lowest BCUT2D eigenvalue weighted by Gasteiger charge is -2.37. The number of rotatable bonds is 3. The summed E-state index contributed by atoms with van der Waals surface area (Å²) in [5.41, 5.74) is 8.58. The summed E-state index contributed by atoms with van der Waals surface area (Å²) in [5.74, 6) is 0. The lowest BCUT2D eigenvalue weighted by Crippen LogP contribution is -2.42. The Morgan fingerprint density at radius 2 is 1.90 bits per heavy atom. The van der Waals surface area contributed by atoms with Crippen LogP contribution in [0.25, 0.3) is 10.9 Å². The highest BCUT2D eigenvalue weighted by Gasteiger charge is 2.37. The van der Waals surface area contributed by atoms with Gasteiger partial charge < -0.3 is 10.5 Å². The predicted octanol–water partition coefficient (Wildman–Crippen LogP) is 3.97. The zero-order valence-corrected chi connectivity index (χ0v) is 12.7. The Morgan fingerprint density at radius 3 is 2.62 bits per heavy atom. The van der Waals surface area contributed by atoms with Crippen molar-refractivity contribution in [1.29, 1.82) is 0 Å². The van der Waals surface area contributed by atoms with Gasteiger partial charge in [-0.25, -0.2) is 0 Å². The first-order chi connectivity index (χ1) is 10.2. The highest BCUT2D eigenvalue weighted by molar-refractivity contribution is 5.79. The summed E-state index contributed by atoms with van der Waals surface area (Å²) >= 11 is 0. The molecule has 21 heavy (non-hydrogen) atoms. The van der Waals surface area contributed by atoms with Crippen molar-refractivity contribution >= 4 is 10.9 Å². The molecule has 2 N–H and O–H groups in total. The second-order valence-corrected chi connectivity index (χ2v) is 6.12. The van der Waals surface area contributed by atoms with Gasteiger partial charge in [0.25, 0.3) is 0 Å². The summed E-state index contributed by atoms with van der Waals surface area (Å²) in [6.07, 6.45) is 8.92. The third-order valence-corrected chi connectivity index (χ3v) is 4.91. The molecule has 3 rings (SSSR count). The van der Waals surface area contributed by atoms with Crippen LogP contribution in [0.5, 0.6) is 0 Å². The van der Waals surface area contributed by atoms with Gasteiger partial charge in [0, 0.05) is 18.7 Å². The normalized spacial score (nSPS) is 20.1. The summed E-state index contributed by atoms with van der Waals surface area (Å²) < 4.78 is 5.95. The second kappa shape index (κ2) is 6.12. The van der Waals surface area contributed by atoms with Gasteiger partial charge in [-0.05, 0) is 36.6 Å². The lowest BCUT2D eigenvalue weighted by atomic mass is 9.82. The predicted molar refractivity (Wildman–Crippen MR) is 86.1 cm³/mol. The summed E-state index contributed by atoms with van der Waals surface area (Å²) in [7, 11) is 1.81. The van der Waals surface area contributed by atoms with Gasteiger partial charge in [-0.3, -0.25) is 4.98 Å². The van der Waals surface area contributed by atoms with E-state index in [1.807, 2.05) is 19.4 Å². The van der Waals surface area contributed by atoms with Crippen molar-refractivity contribution in [1.82, 2.24) is 4.98 Å². The SMILES string of the molecule is COC1(C(N)c2ccc3ncccc3c2)CCCCCC1. The number of benzene rings is 1. The van der Waals surface area contributed by atoms with E-state index >= 15 is 0 Å². The van der Waals surface area contributed by atoms with Crippen LogP contribution in [0.3, 0.4) is 0 Å². The highest BCUT2D eigenvalue weighted by Crippen LogP contribution is 2.39. The minimum absolute atomic E-state index is 0.0785. The molecule has 0 saturated heterocycles. The van der Waals surface area contributed by atoms with E-state index in [1.165, 1.54) is 25.7 Å². The van der Waals surface area contributed by atoms with Gasteiger partial charge in [0.05, 0.1) is 17.2 Å². The fraction of sp³-hybridized carbons (Fsp3) is 0.500. The largest absolute Gasteiger partial charge is 0.376 e. The number of hydrogen-bond acceptors (Lipinski definition) is 3. The van der Waals surface area contributed by atoms with Gasteiger partial charge in [-0.15, -0.1) is 0 Å². The molecule has 0 aliphatic heterocycles. The Morgan fingerprint density at radius 1 is 1.14 bits per heavy atom. The standard InChI is InChI=1S/C18H24N2O/c1-21-18(10-4-2-3-5-11-18)17(19)15-8-9-16-14(13-15)7-6-12-20-16/h6-9,12-13,17H,2-5,10-11,19H2,1H3. The maximum atomic E-state index is 6.63. The van der Waals surface area contributed by atoms with Gasteiger partial charge in [-0.2, -0.15) is 0 Å². The van der Waals surface area contributed by atoms with Crippen molar-refractivity contribution in [2.24, 2.45) is 5.73 Å². The summed E-state index contributed by atoms with van der Waals surface area (Å²) in [6, 6.07) is 10.3. The van der Waals surface area contributed by atoms with Crippen LogP contribution in [-0.2, 0) is 4.74 Å². The topological polar surface area (TPSA) is 48.1 Å². The molecule has 112 valence electrons. The highest BCUT2D eigenvalue weighted by atomic mass is 16.5. The molecule has 1 aliphatic rings. The molecular formula is C18H24N2O. The van der Waals surface area contributed by atoms with Gasteiger partial charge in [0.2, 0.25) is 0 Å². The molecule has 1 saturated carbocycles. The van der Waals surface area contributed by atoms with E-state index in [-0.39, 0.29) is 11.6 Å². The minimum atomic E-state index is -0.216. The van der Waals surface area contributed by atoms with Crippen LogP contribution in [0.2, 0.25) is 0 Å². The molecule has 1 aliphatic carbocycles. The number of nitrogens with zero attached hydrogens (tertiary/aromatic N) is 1. The molecule has 3 nitrogen and oxygen atoms in total. The van der Waals surface area contributed by atoms with Crippen molar-refractivity contribution in [3.8, 4) is 0 Å². The van der Waals surface area contributed by atoms with Crippen LogP contribution in [0.1, 0.15) is 50.1 Å². The Hall–Kier alpha value is -1.45. The maximum absolute atomic E-state index is 6.63. The van der Waals surface area contributed by atoms with Crippen molar-refractivity contribution in [3.05, 3.63) is 42.1 Å². The molecule has 0 spiro atoms. The molecule has 0 bridgehead atoms. The van der Waals surface area contributed by atoms with Crippen molar-refractivity contribution in [2.45, 2.75) is 50.2 Å². The fourth-order valence-corrected chi connectivity index (χ4v) is 3.56. The van der Waals surface area contributed by atoms with E-state index in [1.54, 1.807) is 0 Å². The molecule has 1 aromatic carbocycles. The first-order valence-electron chi connectivity index (χ1n) is 7.91. The van der Waals surface area contributed by atoms with Crippen molar-refractivity contribution < 1.29 is 4.74 Å². The van der Waals surface area contributed by atoms with Gasteiger partial charge in [0.1, 0.15) is 0 Å². The van der Waals surface area contributed by atoms with E-state index in [2.05, 4.69) is 29.2 Å². The number of pyridine rings is 1. The molecule has 1 fully saturated rings. The minimum Gasteiger partial charge on any atom is -0.376 e. The molecular weight excluding hydrogens is 260 g/mol. The summed E-state index contributed by atoms with van der Waals surface area (Å²) in [5, 5.41) is 1.14. The van der Waals surface area contributed by atoms with Crippen molar-refractivity contribution in [3.63, 3.8) is 0 Å². The number of aromatic nitrogens is 1. The average molecular weight is 284 g/mol. The van der Waals surface area contributed by atoms with Gasteiger partial charge in [0.15, 0.2) is 0 Å². The summed E-state index contributed by atoms with van der Waals surface area (Å²) in [4.78, 5) is 4.37. The Kier molecular flexibility index (Phi) is 4.22. The van der Waals surface area contributed by atoms with Crippen LogP contribution in [0.4, 0.5) is 0 Å². The zero-order chi connectivity index (χ0) is 14.7. The number of fused-ring (bicyclic) bond motifs is 1. The Bertz CT molecular complexity index is 603. The molecule has 1 aromatic heterocycles. The van der Waals surface area contributed by atoms with E-state index < -0.39 is 0 Å². The smallest absolute Gasteiger partial charge is 0.0870 e. The van der Waals surface area contributed by atoms with Crippen LogP contribution >= 0.6 is 0 Å². The first kappa shape index (κ1) is 14.5. The third-order valence-electron chi connectivity index (χ3n) is 4.91. The number of ether oxygens (including phenoxy) is 1. The molecule has 1 unspecified atom stereocenters. The van der Waals surface area contributed by atoms with Crippen LogP contribution in [-0.4, -0.2) is 17.7 Å². The Balaban J connectivity index is 1.95. The van der Waals surface area contributed by atoms with Crippen LogP contribution < -0.4 is 5.73 Å². The molecule has 0 radical (unpaired) electrons. The number of nitrogens with two attached hydrogens (primary N) is 1.